The first-order valence-corrected chi connectivity index (χ1v) is 8.06. The topological polar surface area (TPSA) is 52.6 Å². The lowest BCUT2D eigenvalue weighted by Crippen LogP contribution is -2.15. The van der Waals surface area contributed by atoms with Gasteiger partial charge in [-0.25, -0.2) is 0 Å². The van der Waals surface area contributed by atoms with Gasteiger partial charge in [-0.05, 0) is 25.2 Å². The van der Waals surface area contributed by atoms with Gasteiger partial charge in [0.15, 0.2) is 0 Å². The van der Waals surface area contributed by atoms with Crippen LogP contribution in [-0.2, 0) is 19.1 Å². The summed E-state index contributed by atoms with van der Waals surface area (Å²) in [6.45, 7) is 8.70. The average molecular weight is 298 g/mol. The summed E-state index contributed by atoms with van der Waals surface area (Å²) in [6.07, 6.45) is 8.00. The van der Waals surface area contributed by atoms with Crippen LogP contribution in [0.3, 0.4) is 0 Å². The number of esters is 2. The van der Waals surface area contributed by atoms with Crippen LogP contribution in [0.25, 0.3) is 0 Å². The minimum atomic E-state index is -0.339. The largest absolute Gasteiger partial charge is 0.466 e. The van der Waals surface area contributed by atoms with Gasteiger partial charge in [-0.15, -0.1) is 6.58 Å². The van der Waals surface area contributed by atoms with E-state index in [2.05, 4.69) is 20.4 Å². The van der Waals surface area contributed by atoms with Gasteiger partial charge < -0.3 is 9.47 Å². The van der Waals surface area contributed by atoms with Crippen molar-refractivity contribution in [2.24, 2.45) is 5.92 Å². The van der Waals surface area contributed by atoms with Gasteiger partial charge in [0.05, 0.1) is 26.1 Å². The SMILES string of the molecule is C=CCCCOC(=O)CCC(=O)OCC(CC)CCCC. The first-order chi connectivity index (χ1) is 10.1. The van der Waals surface area contributed by atoms with Crippen molar-refractivity contribution in [2.75, 3.05) is 13.2 Å². The summed E-state index contributed by atoms with van der Waals surface area (Å²) in [7, 11) is 0. The van der Waals surface area contributed by atoms with Gasteiger partial charge >= 0.3 is 11.9 Å². The van der Waals surface area contributed by atoms with Gasteiger partial charge in [0.2, 0.25) is 0 Å². The van der Waals surface area contributed by atoms with E-state index in [1.807, 2.05) is 0 Å². The molecule has 0 rings (SSSR count). The van der Waals surface area contributed by atoms with Gasteiger partial charge in [-0.1, -0.05) is 39.2 Å². The normalized spacial score (nSPS) is 11.7. The average Bonchev–Trinajstić information content (AvgIpc) is 2.49. The molecule has 0 aliphatic carbocycles. The van der Waals surface area contributed by atoms with E-state index in [-0.39, 0.29) is 24.8 Å². The van der Waals surface area contributed by atoms with Crippen molar-refractivity contribution < 1.29 is 19.1 Å². The van der Waals surface area contributed by atoms with Crippen LogP contribution in [-0.4, -0.2) is 25.2 Å². The van der Waals surface area contributed by atoms with E-state index < -0.39 is 0 Å². The molecule has 0 saturated carbocycles. The Morgan fingerprint density at radius 3 is 2.33 bits per heavy atom. The number of carbonyl (C=O) groups excluding carboxylic acids is 2. The van der Waals surface area contributed by atoms with Crippen molar-refractivity contribution in [1.29, 1.82) is 0 Å². The van der Waals surface area contributed by atoms with Gasteiger partial charge in [0.1, 0.15) is 0 Å². The molecule has 0 aliphatic heterocycles. The molecule has 0 aliphatic rings. The molecule has 0 aromatic rings. The Kier molecular flexibility index (Phi) is 12.8. The maximum absolute atomic E-state index is 11.6. The highest BCUT2D eigenvalue weighted by Crippen LogP contribution is 2.13. The first-order valence-electron chi connectivity index (χ1n) is 8.06. The molecule has 0 N–H and O–H groups in total. The predicted molar refractivity (Wildman–Crippen MR) is 83.9 cm³/mol. The van der Waals surface area contributed by atoms with E-state index in [9.17, 15) is 9.59 Å². The number of hydrogen-bond acceptors (Lipinski definition) is 4. The van der Waals surface area contributed by atoms with Crippen LogP contribution < -0.4 is 0 Å². The maximum atomic E-state index is 11.6. The zero-order valence-electron chi connectivity index (χ0n) is 13.6. The molecule has 1 unspecified atom stereocenters. The number of carbonyl (C=O) groups is 2. The van der Waals surface area contributed by atoms with E-state index >= 15 is 0 Å². The zero-order chi connectivity index (χ0) is 15.9. The first kappa shape index (κ1) is 19.7. The zero-order valence-corrected chi connectivity index (χ0v) is 13.6. The van der Waals surface area contributed by atoms with Crippen molar-refractivity contribution in [3.63, 3.8) is 0 Å². The lowest BCUT2D eigenvalue weighted by Gasteiger charge is -2.14. The molecule has 0 heterocycles. The Hall–Kier alpha value is -1.32. The highest BCUT2D eigenvalue weighted by Gasteiger charge is 2.12. The lowest BCUT2D eigenvalue weighted by molar-refractivity contribution is -0.151. The Bertz CT molecular complexity index is 299. The molecular weight excluding hydrogens is 268 g/mol. The Balaban J connectivity index is 3.68. The quantitative estimate of drug-likeness (QED) is 0.292. The van der Waals surface area contributed by atoms with Gasteiger partial charge in [-0.2, -0.15) is 0 Å². The number of unbranched alkanes of at least 4 members (excludes halogenated alkanes) is 2. The van der Waals surface area contributed by atoms with Crippen LogP contribution in [0.2, 0.25) is 0 Å². The summed E-state index contributed by atoms with van der Waals surface area (Å²) in [5.74, 6) is -0.221. The summed E-state index contributed by atoms with van der Waals surface area (Å²) in [5.41, 5.74) is 0. The summed E-state index contributed by atoms with van der Waals surface area (Å²) in [6, 6.07) is 0. The van der Waals surface area contributed by atoms with Crippen molar-refractivity contribution in [3.8, 4) is 0 Å². The lowest BCUT2D eigenvalue weighted by atomic mass is 10.0. The van der Waals surface area contributed by atoms with E-state index in [4.69, 9.17) is 9.47 Å². The van der Waals surface area contributed by atoms with Crippen LogP contribution in [0, 0.1) is 5.92 Å². The molecule has 0 saturated heterocycles. The standard InChI is InChI=1S/C17H30O4/c1-4-7-9-13-20-16(18)11-12-17(19)21-14-15(6-3)10-8-5-2/h4,15H,1,5-14H2,2-3H3. The minimum absolute atomic E-state index is 0.0959. The third-order valence-electron chi connectivity index (χ3n) is 3.37. The Morgan fingerprint density at radius 2 is 1.76 bits per heavy atom. The molecule has 4 nitrogen and oxygen atoms in total. The second-order valence-electron chi connectivity index (χ2n) is 5.25. The summed E-state index contributed by atoms with van der Waals surface area (Å²) in [4.78, 5) is 23.0. The Labute approximate surface area is 128 Å². The Morgan fingerprint density at radius 1 is 1.10 bits per heavy atom. The molecule has 4 heteroatoms. The monoisotopic (exact) mass is 298 g/mol. The van der Waals surface area contributed by atoms with E-state index in [1.165, 1.54) is 0 Å². The molecule has 122 valence electrons. The molecule has 1 atom stereocenters. The van der Waals surface area contributed by atoms with E-state index in [1.54, 1.807) is 6.08 Å². The van der Waals surface area contributed by atoms with Crippen LogP contribution in [0.5, 0.6) is 0 Å². The van der Waals surface area contributed by atoms with E-state index in [0.717, 1.165) is 38.5 Å². The second kappa shape index (κ2) is 13.7. The summed E-state index contributed by atoms with van der Waals surface area (Å²) in [5, 5.41) is 0. The maximum Gasteiger partial charge on any atom is 0.306 e. The summed E-state index contributed by atoms with van der Waals surface area (Å²) < 4.78 is 10.2. The van der Waals surface area contributed by atoms with Crippen molar-refractivity contribution in [3.05, 3.63) is 12.7 Å². The number of allylic oxidation sites excluding steroid dienone is 1. The molecule has 0 fully saturated rings. The van der Waals surface area contributed by atoms with Gasteiger partial charge in [0, 0.05) is 0 Å². The smallest absolute Gasteiger partial charge is 0.306 e. The molecule has 0 aromatic carbocycles. The number of rotatable bonds is 13. The molecule has 0 spiro atoms. The minimum Gasteiger partial charge on any atom is -0.466 e. The second-order valence-corrected chi connectivity index (χ2v) is 5.25. The van der Waals surface area contributed by atoms with E-state index in [0.29, 0.717) is 19.1 Å². The molecule has 0 amide bonds. The third kappa shape index (κ3) is 12.2. The fourth-order valence-electron chi connectivity index (χ4n) is 1.87. The van der Waals surface area contributed by atoms with Crippen LogP contribution in [0.4, 0.5) is 0 Å². The molecule has 0 radical (unpaired) electrons. The fourth-order valence-corrected chi connectivity index (χ4v) is 1.87. The highest BCUT2D eigenvalue weighted by molar-refractivity contribution is 5.77. The van der Waals surface area contributed by atoms with Crippen LogP contribution in [0.1, 0.15) is 65.2 Å². The third-order valence-corrected chi connectivity index (χ3v) is 3.37. The van der Waals surface area contributed by atoms with Crippen LogP contribution >= 0.6 is 0 Å². The number of hydrogen-bond donors (Lipinski definition) is 0. The fraction of sp³-hybridized carbons (Fsp3) is 0.765. The predicted octanol–water partition coefficient (Wildman–Crippen LogP) is 4.04. The van der Waals surface area contributed by atoms with Gasteiger partial charge in [0.25, 0.3) is 0 Å². The molecule has 0 bridgehead atoms. The molecule has 0 aromatic heterocycles. The van der Waals surface area contributed by atoms with Crippen molar-refractivity contribution in [1.82, 2.24) is 0 Å². The highest BCUT2D eigenvalue weighted by atomic mass is 16.5. The molecular formula is C17H30O4. The number of ether oxygens (including phenoxy) is 2. The van der Waals surface area contributed by atoms with Crippen LogP contribution in [0.15, 0.2) is 12.7 Å². The molecule has 21 heavy (non-hydrogen) atoms. The van der Waals surface area contributed by atoms with Crippen molar-refractivity contribution >= 4 is 11.9 Å². The van der Waals surface area contributed by atoms with Crippen molar-refractivity contribution in [2.45, 2.75) is 65.2 Å². The van der Waals surface area contributed by atoms with Gasteiger partial charge in [-0.3, -0.25) is 9.59 Å². The summed E-state index contributed by atoms with van der Waals surface area (Å²) >= 11 is 0.